The lowest BCUT2D eigenvalue weighted by Crippen LogP contribution is -1.89. The molecular formula is C11H8N4. The molecule has 0 unspecified atom stereocenters. The van der Waals surface area contributed by atoms with E-state index in [-0.39, 0.29) is 0 Å². The van der Waals surface area contributed by atoms with Crippen molar-refractivity contribution in [2.24, 2.45) is 0 Å². The van der Waals surface area contributed by atoms with Crippen LogP contribution in [0.2, 0.25) is 0 Å². The Morgan fingerprint density at radius 2 is 1.93 bits per heavy atom. The highest BCUT2D eigenvalue weighted by atomic mass is 14.7. The molecule has 4 heteroatoms. The number of aromatic nitrogens is 2. The molecule has 0 saturated heterocycles. The minimum absolute atomic E-state index is 0.397. The van der Waals surface area contributed by atoms with Gasteiger partial charge in [0.1, 0.15) is 11.8 Å². The number of nitriles is 1. The molecule has 2 N–H and O–H groups in total. The van der Waals surface area contributed by atoms with Crippen LogP contribution in [-0.2, 0) is 0 Å². The van der Waals surface area contributed by atoms with Crippen LogP contribution in [-0.4, -0.2) is 9.97 Å². The van der Waals surface area contributed by atoms with E-state index in [4.69, 9.17) is 11.0 Å². The molecule has 0 aromatic carbocycles. The summed E-state index contributed by atoms with van der Waals surface area (Å²) in [7, 11) is 0. The minimum atomic E-state index is 0.397. The molecule has 72 valence electrons. The van der Waals surface area contributed by atoms with Gasteiger partial charge in [0.05, 0.1) is 17.6 Å². The van der Waals surface area contributed by atoms with E-state index < -0.39 is 0 Å². The molecule has 2 aromatic heterocycles. The Morgan fingerprint density at radius 3 is 2.47 bits per heavy atom. The molecule has 2 aromatic rings. The van der Waals surface area contributed by atoms with Crippen molar-refractivity contribution in [3.8, 4) is 17.3 Å². The topological polar surface area (TPSA) is 75.6 Å². The van der Waals surface area contributed by atoms with Gasteiger partial charge in [-0.25, -0.2) is 4.98 Å². The van der Waals surface area contributed by atoms with Gasteiger partial charge in [0.15, 0.2) is 0 Å². The number of nitrogen functional groups attached to an aromatic ring is 1. The average Bonchev–Trinajstić information content (AvgIpc) is 2.30. The largest absolute Gasteiger partial charge is 0.397 e. The summed E-state index contributed by atoms with van der Waals surface area (Å²) in [4.78, 5) is 8.12. The summed E-state index contributed by atoms with van der Waals surface area (Å²) in [5.41, 5.74) is 8.21. The Balaban J connectivity index is 2.38. The van der Waals surface area contributed by atoms with Gasteiger partial charge in [-0.1, -0.05) is 0 Å². The van der Waals surface area contributed by atoms with E-state index in [1.54, 1.807) is 24.5 Å². The Hall–Kier alpha value is -2.41. The van der Waals surface area contributed by atoms with Crippen LogP contribution < -0.4 is 5.73 Å². The first-order chi connectivity index (χ1) is 7.29. The van der Waals surface area contributed by atoms with Crippen molar-refractivity contribution in [3.05, 3.63) is 42.4 Å². The van der Waals surface area contributed by atoms with Crippen LogP contribution in [0.1, 0.15) is 5.69 Å². The normalized spacial score (nSPS) is 9.53. The molecule has 0 bridgehead atoms. The number of pyridine rings is 2. The lowest BCUT2D eigenvalue weighted by molar-refractivity contribution is 1.24. The Labute approximate surface area is 87.0 Å². The highest BCUT2D eigenvalue weighted by Crippen LogP contribution is 2.16. The van der Waals surface area contributed by atoms with Crippen LogP contribution in [0, 0.1) is 11.3 Å². The summed E-state index contributed by atoms with van der Waals surface area (Å²) in [6.45, 7) is 0. The molecule has 0 aliphatic rings. The third-order valence-corrected chi connectivity index (χ3v) is 1.96. The summed E-state index contributed by atoms with van der Waals surface area (Å²) < 4.78 is 0. The molecule has 2 rings (SSSR count). The van der Waals surface area contributed by atoms with E-state index in [1.807, 2.05) is 18.2 Å². The van der Waals surface area contributed by atoms with Gasteiger partial charge in [0, 0.05) is 11.8 Å². The SMILES string of the molecule is N#Cc1ccc(-c2ccc(N)cn2)cn1. The Bertz CT molecular complexity index is 494. The first-order valence-corrected chi connectivity index (χ1v) is 4.37. The van der Waals surface area contributed by atoms with Crippen molar-refractivity contribution in [1.82, 2.24) is 9.97 Å². The Kier molecular flexibility index (Phi) is 2.30. The van der Waals surface area contributed by atoms with Crippen molar-refractivity contribution in [2.45, 2.75) is 0 Å². The van der Waals surface area contributed by atoms with Gasteiger partial charge in [-0.2, -0.15) is 5.26 Å². The van der Waals surface area contributed by atoms with Crippen LogP contribution in [0.5, 0.6) is 0 Å². The number of nitrogens with two attached hydrogens (primary N) is 1. The standard InChI is InChI=1S/C11H8N4/c12-5-10-3-1-8(6-14-10)11-4-2-9(13)7-15-11/h1-4,6-7H,13H2. The summed E-state index contributed by atoms with van der Waals surface area (Å²) in [5.74, 6) is 0. The summed E-state index contributed by atoms with van der Waals surface area (Å²) in [6.07, 6.45) is 3.21. The van der Waals surface area contributed by atoms with Gasteiger partial charge in [0.25, 0.3) is 0 Å². The van der Waals surface area contributed by atoms with Gasteiger partial charge in [-0.15, -0.1) is 0 Å². The van der Waals surface area contributed by atoms with Gasteiger partial charge < -0.3 is 5.73 Å². The second-order valence-corrected chi connectivity index (χ2v) is 3.02. The van der Waals surface area contributed by atoms with Gasteiger partial charge in [0.2, 0.25) is 0 Å². The molecule has 4 nitrogen and oxygen atoms in total. The quantitative estimate of drug-likeness (QED) is 0.751. The molecule has 0 radical (unpaired) electrons. The van der Waals surface area contributed by atoms with Gasteiger partial charge in [-0.05, 0) is 24.3 Å². The fraction of sp³-hybridized carbons (Fsp3) is 0. The molecule has 0 amide bonds. The van der Waals surface area contributed by atoms with Crippen molar-refractivity contribution in [3.63, 3.8) is 0 Å². The van der Waals surface area contributed by atoms with Crippen LogP contribution in [0.3, 0.4) is 0 Å². The van der Waals surface area contributed by atoms with Crippen LogP contribution in [0.25, 0.3) is 11.3 Å². The third kappa shape index (κ3) is 1.92. The van der Waals surface area contributed by atoms with E-state index in [9.17, 15) is 0 Å². The lowest BCUT2D eigenvalue weighted by atomic mass is 10.2. The predicted molar refractivity (Wildman–Crippen MR) is 56.6 cm³/mol. The van der Waals surface area contributed by atoms with Crippen LogP contribution in [0.4, 0.5) is 5.69 Å². The average molecular weight is 196 g/mol. The molecule has 0 fully saturated rings. The zero-order valence-electron chi connectivity index (χ0n) is 7.88. The summed E-state index contributed by atoms with van der Waals surface area (Å²) >= 11 is 0. The molecule has 2 heterocycles. The molecule has 0 atom stereocenters. The highest BCUT2D eigenvalue weighted by molar-refractivity contribution is 5.59. The first kappa shape index (κ1) is 9.16. The highest BCUT2D eigenvalue weighted by Gasteiger charge is 1.99. The van der Waals surface area contributed by atoms with Crippen LogP contribution in [0.15, 0.2) is 36.7 Å². The number of rotatable bonds is 1. The van der Waals surface area contributed by atoms with Gasteiger partial charge in [-0.3, -0.25) is 4.98 Å². The molecule has 0 saturated carbocycles. The summed E-state index contributed by atoms with van der Waals surface area (Å²) in [5, 5.41) is 8.59. The minimum Gasteiger partial charge on any atom is -0.397 e. The van der Waals surface area contributed by atoms with Crippen molar-refractivity contribution >= 4 is 5.69 Å². The summed E-state index contributed by atoms with van der Waals surface area (Å²) in [6, 6.07) is 9.03. The van der Waals surface area contributed by atoms with Crippen molar-refractivity contribution < 1.29 is 0 Å². The third-order valence-electron chi connectivity index (χ3n) is 1.96. The second kappa shape index (κ2) is 3.76. The van der Waals surface area contributed by atoms with Crippen LogP contribution >= 0.6 is 0 Å². The molecular weight excluding hydrogens is 188 g/mol. The number of anilines is 1. The predicted octanol–water partition coefficient (Wildman–Crippen LogP) is 1.60. The fourth-order valence-corrected chi connectivity index (χ4v) is 1.19. The zero-order chi connectivity index (χ0) is 10.7. The maximum Gasteiger partial charge on any atom is 0.140 e. The maximum absolute atomic E-state index is 8.59. The maximum atomic E-state index is 8.59. The molecule has 0 aliphatic heterocycles. The Morgan fingerprint density at radius 1 is 1.07 bits per heavy atom. The van der Waals surface area contributed by atoms with Gasteiger partial charge >= 0.3 is 0 Å². The van der Waals surface area contributed by atoms with E-state index >= 15 is 0 Å². The zero-order valence-corrected chi connectivity index (χ0v) is 7.88. The number of hydrogen-bond acceptors (Lipinski definition) is 4. The van der Waals surface area contributed by atoms with E-state index in [0.717, 1.165) is 11.3 Å². The lowest BCUT2D eigenvalue weighted by Gasteiger charge is -2.00. The number of hydrogen-bond donors (Lipinski definition) is 1. The van der Waals surface area contributed by atoms with E-state index in [1.165, 1.54) is 0 Å². The molecule has 0 aliphatic carbocycles. The molecule has 0 spiro atoms. The molecule has 15 heavy (non-hydrogen) atoms. The van der Waals surface area contributed by atoms with Crippen molar-refractivity contribution in [2.75, 3.05) is 5.73 Å². The first-order valence-electron chi connectivity index (χ1n) is 4.37. The van der Waals surface area contributed by atoms with E-state index in [2.05, 4.69) is 9.97 Å². The number of nitrogens with zero attached hydrogens (tertiary/aromatic N) is 3. The smallest absolute Gasteiger partial charge is 0.140 e. The van der Waals surface area contributed by atoms with Crippen molar-refractivity contribution in [1.29, 1.82) is 5.26 Å². The monoisotopic (exact) mass is 196 g/mol. The second-order valence-electron chi connectivity index (χ2n) is 3.02. The fourth-order valence-electron chi connectivity index (χ4n) is 1.19. The van der Waals surface area contributed by atoms with E-state index in [0.29, 0.717) is 11.4 Å².